The summed E-state index contributed by atoms with van der Waals surface area (Å²) in [5.74, 6) is -0.633. The fourth-order valence-corrected chi connectivity index (χ4v) is 4.94. The molecule has 3 aromatic rings. The summed E-state index contributed by atoms with van der Waals surface area (Å²) in [7, 11) is 1.57. The Morgan fingerprint density at radius 3 is 2.30 bits per heavy atom. The molecule has 2 saturated heterocycles. The molecule has 2 aliphatic rings. The second kappa shape index (κ2) is 7.43. The van der Waals surface area contributed by atoms with E-state index in [-0.39, 0.29) is 11.8 Å². The highest BCUT2D eigenvalue weighted by atomic mass is 35.5. The number of benzene rings is 2. The Bertz CT molecular complexity index is 1090. The second-order valence-corrected chi connectivity index (χ2v) is 8.44. The van der Waals surface area contributed by atoms with E-state index in [1.165, 1.54) is 16.2 Å². The van der Waals surface area contributed by atoms with E-state index in [1.807, 2.05) is 29.6 Å². The highest BCUT2D eigenvalue weighted by molar-refractivity contribution is 7.10. The summed E-state index contributed by atoms with van der Waals surface area (Å²) < 4.78 is 5.17. The Balaban J connectivity index is 1.53. The minimum absolute atomic E-state index is 0.273. The maximum Gasteiger partial charge on any atom is 0.266 e. The summed E-state index contributed by atoms with van der Waals surface area (Å²) in [4.78, 5) is 34.9. The number of thiophene rings is 1. The van der Waals surface area contributed by atoms with Crippen molar-refractivity contribution in [1.29, 1.82) is 0 Å². The lowest BCUT2D eigenvalue weighted by atomic mass is 9.95. The molecular weight excluding hydrogens is 424 g/mol. The molecule has 6 nitrogen and oxygen atoms in total. The SMILES string of the molecule is COc1ccc(N2C(=O)[C@@H]3[C@@H](ON(c4ccc(Cl)cc4)[C@H]3c3cccs3)C2=O)cc1. The summed E-state index contributed by atoms with van der Waals surface area (Å²) in [5.41, 5.74) is 1.25. The Morgan fingerprint density at radius 2 is 1.67 bits per heavy atom. The minimum Gasteiger partial charge on any atom is -0.497 e. The number of ether oxygens (including phenoxy) is 1. The molecule has 2 amide bonds. The van der Waals surface area contributed by atoms with Crippen molar-refractivity contribution in [2.24, 2.45) is 5.92 Å². The Labute approximate surface area is 182 Å². The molecule has 2 aliphatic heterocycles. The average molecular weight is 441 g/mol. The Morgan fingerprint density at radius 1 is 0.967 bits per heavy atom. The van der Waals surface area contributed by atoms with Crippen molar-refractivity contribution in [3.8, 4) is 5.75 Å². The van der Waals surface area contributed by atoms with Gasteiger partial charge in [-0.2, -0.15) is 0 Å². The van der Waals surface area contributed by atoms with Gasteiger partial charge in [-0.25, -0.2) is 9.96 Å². The maximum absolute atomic E-state index is 13.4. The number of rotatable bonds is 4. The molecule has 3 heterocycles. The smallest absolute Gasteiger partial charge is 0.266 e. The van der Waals surface area contributed by atoms with Gasteiger partial charge in [0.1, 0.15) is 17.7 Å². The number of methoxy groups -OCH3 is 1. The quantitative estimate of drug-likeness (QED) is 0.560. The lowest BCUT2D eigenvalue weighted by Crippen LogP contribution is -2.37. The van der Waals surface area contributed by atoms with Crippen LogP contribution in [0.4, 0.5) is 11.4 Å². The predicted molar refractivity (Wildman–Crippen MR) is 115 cm³/mol. The molecule has 8 heteroatoms. The average Bonchev–Trinajstić information content (AvgIpc) is 3.47. The zero-order valence-corrected chi connectivity index (χ0v) is 17.5. The van der Waals surface area contributed by atoms with Gasteiger partial charge in [0.2, 0.25) is 5.91 Å². The van der Waals surface area contributed by atoms with Crippen LogP contribution < -0.4 is 14.7 Å². The molecule has 2 fully saturated rings. The molecule has 0 aliphatic carbocycles. The number of hydroxylamine groups is 1. The monoisotopic (exact) mass is 440 g/mol. The van der Waals surface area contributed by atoms with Crippen LogP contribution in [0.2, 0.25) is 5.02 Å². The van der Waals surface area contributed by atoms with Gasteiger partial charge in [-0.15, -0.1) is 11.3 Å². The van der Waals surface area contributed by atoms with Crippen molar-refractivity contribution >= 4 is 46.1 Å². The first kappa shape index (κ1) is 19.1. The number of halogens is 1. The first-order valence-corrected chi connectivity index (χ1v) is 10.6. The fraction of sp³-hybridized carbons (Fsp3) is 0.182. The number of carbonyl (C=O) groups excluding carboxylic acids is 2. The molecular formula is C22H17ClN2O4S. The molecule has 30 heavy (non-hydrogen) atoms. The lowest BCUT2D eigenvalue weighted by Gasteiger charge is -2.27. The van der Waals surface area contributed by atoms with Crippen molar-refractivity contribution in [2.75, 3.05) is 17.1 Å². The van der Waals surface area contributed by atoms with Gasteiger partial charge >= 0.3 is 0 Å². The Hall–Kier alpha value is -2.87. The van der Waals surface area contributed by atoms with Gasteiger partial charge in [-0.05, 0) is 60.0 Å². The number of imide groups is 1. The van der Waals surface area contributed by atoms with Gasteiger partial charge in [0.05, 0.1) is 18.5 Å². The van der Waals surface area contributed by atoms with Crippen molar-refractivity contribution in [3.63, 3.8) is 0 Å². The highest BCUT2D eigenvalue weighted by Crippen LogP contribution is 2.48. The van der Waals surface area contributed by atoms with Crippen LogP contribution in [0.1, 0.15) is 10.9 Å². The van der Waals surface area contributed by atoms with Gasteiger partial charge < -0.3 is 4.74 Å². The Kier molecular flexibility index (Phi) is 4.73. The van der Waals surface area contributed by atoms with E-state index in [9.17, 15) is 9.59 Å². The molecule has 2 aromatic carbocycles. The van der Waals surface area contributed by atoms with E-state index in [4.69, 9.17) is 21.2 Å². The molecule has 0 bridgehead atoms. The van der Waals surface area contributed by atoms with Crippen LogP contribution >= 0.6 is 22.9 Å². The summed E-state index contributed by atoms with van der Waals surface area (Å²) in [6.45, 7) is 0. The van der Waals surface area contributed by atoms with Crippen LogP contribution in [0.5, 0.6) is 5.75 Å². The number of hydrogen-bond donors (Lipinski definition) is 0. The maximum atomic E-state index is 13.4. The van der Waals surface area contributed by atoms with Crippen molar-refractivity contribution in [2.45, 2.75) is 12.1 Å². The summed E-state index contributed by atoms with van der Waals surface area (Å²) in [6.07, 6.45) is -0.887. The lowest BCUT2D eigenvalue weighted by molar-refractivity contribution is -0.126. The van der Waals surface area contributed by atoms with Crippen molar-refractivity contribution < 1.29 is 19.2 Å². The third-order valence-corrected chi connectivity index (χ3v) is 6.56. The normalized spacial score (nSPS) is 23.2. The molecule has 0 radical (unpaired) electrons. The summed E-state index contributed by atoms with van der Waals surface area (Å²) in [6, 6.07) is 17.5. The molecule has 0 spiro atoms. The van der Waals surface area contributed by atoms with Crippen LogP contribution in [-0.4, -0.2) is 25.0 Å². The van der Waals surface area contributed by atoms with E-state index in [1.54, 1.807) is 48.6 Å². The molecule has 152 valence electrons. The van der Waals surface area contributed by atoms with Crippen molar-refractivity contribution in [1.82, 2.24) is 0 Å². The highest BCUT2D eigenvalue weighted by Gasteiger charge is 2.60. The van der Waals surface area contributed by atoms with Crippen LogP contribution in [0.25, 0.3) is 0 Å². The number of nitrogens with zero attached hydrogens (tertiary/aromatic N) is 2. The van der Waals surface area contributed by atoms with Gasteiger partial charge in [0.15, 0.2) is 6.10 Å². The van der Waals surface area contributed by atoms with Gasteiger partial charge in [0.25, 0.3) is 5.91 Å². The third-order valence-electron chi connectivity index (χ3n) is 5.36. The number of hydrogen-bond acceptors (Lipinski definition) is 6. The zero-order valence-electron chi connectivity index (χ0n) is 15.9. The number of amides is 2. The van der Waals surface area contributed by atoms with Crippen LogP contribution in [0, 0.1) is 5.92 Å². The largest absolute Gasteiger partial charge is 0.497 e. The van der Waals surface area contributed by atoms with E-state index >= 15 is 0 Å². The van der Waals surface area contributed by atoms with Crippen molar-refractivity contribution in [3.05, 3.63) is 75.9 Å². The summed E-state index contributed by atoms with van der Waals surface area (Å²) >= 11 is 7.55. The number of anilines is 2. The van der Waals surface area contributed by atoms with Crippen LogP contribution in [-0.2, 0) is 14.4 Å². The van der Waals surface area contributed by atoms with Gasteiger partial charge in [-0.1, -0.05) is 17.7 Å². The topological polar surface area (TPSA) is 59.1 Å². The van der Waals surface area contributed by atoms with E-state index in [2.05, 4.69) is 0 Å². The molecule has 0 unspecified atom stereocenters. The minimum atomic E-state index is -0.887. The van der Waals surface area contributed by atoms with Gasteiger partial charge in [0, 0.05) is 9.90 Å². The van der Waals surface area contributed by atoms with E-state index in [0.29, 0.717) is 16.5 Å². The van der Waals surface area contributed by atoms with Crippen LogP contribution in [0.3, 0.4) is 0 Å². The number of carbonyl (C=O) groups is 2. The van der Waals surface area contributed by atoms with Crippen LogP contribution in [0.15, 0.2) is 66.0 Å². The van der Waals surface area contributed by atoms with Gasteiger partial charge in [-0.3, -0.25) is 14.4 Å². The number of fused-ring (bicyclic) bond motifs is 1. The van der Waals surface area contributed by atoms with E-state index < -0.39 is 18.1 Å². The molecule has 5 rings (SSSR count). The predicted octanol–water partition coefficient (Wildman–Crippen LogP) is 4.46. The third kappa shape index (κ3) is 2.98. The standard InChI is InChI=1S/C22H17ClN2O4S/c1-28-16-10-8-14(9-11-16)24-21(26)18-19(17-3-2-12-30-17)25(29-20(18)22(24)27)15-6-4-13(23)5-7-15/h2-12,18-20H,1H3/t18-,19-,20+/m0/s1. The molecule has 1 aromatic heterocycles. The second-order valence-electron chi connectivity index (χ2n) is 7.02. The molecule has 0 saturated carbocycles. The van der Waals surface area contributed by atoms with E-state index in [0.717, 1.165) is 10.6 Å². The molecule has 3 atom stereocenters. The summed E-state index contributed by atoms with van der Waals surface area (Å²) in [5, 5.41) is 4.22. The zero-order chi connectivity index (χ0) is 20.8. The fourth-order valence-electron chi connectivity index (χ4n) is 3.96. The first-order valence-electron chi connectivity index (χ1n) is 9.35. The first-order chi connectivity index (χ1) is 14.6. The molecule has 0 N–H and O–H groups in total.